The number of alkyl halides is 3. The number of aryl methyl sites for hydroxylation is 10. The van der Waals surface area contributed by atoms with Crippen LogP contribution in [0.3, 0.4) is 0 Å². The molecular formula is C100H113F3Ir2N4O4-4. The second kappa shape index (κ2) is 44.5. The van der Waals surface area contributed by atoms with Crippen molar-refractivity contribution in [3.05, 3.63) is 285 Å². The predicted octanol–water partition coefficient (Wildman–Crippen LogP) is 27.7. The van der Waals surface area contributed by atoms with E-state index in [1.54, 1.807) is 6.92 Å². The molecule has 12 rings (SSSR count). The number of fused-ring (bicyclic) bond motifs is 4. The summed E-state index contributed by atoms with van der Waals surface area (Å²) in [5.41, 5.74) is 20.9. The Morgan fingerprint density at radius 2 is 0.867 bits per heavy atom. The molecule has 8 nitrogen and oxygen atoms in total. The quantitative estimate of drug-likeness (QED) is 0.0466. The molecule has 12 aromatic rings. The van der Waals surface area contributed by atoms with Crippen molar-refractivity contribution in [1.82, 2.24) is 19.9 Å². The van der Waals surface area contributed by atoms with Gasteiger partial charge in [0, 0.05) is 94.1 Å². The van der Waals surface area contributed by atoms with Crippen molar-refractivity contribution in [3.8, 4) is 45.0 Å². The molecule has 4 heterocycles. The van der Waals surface area contributed by atoms with Crippen LogP contribution >= 0.6 is 0 Å². The number of aliphatic hydroxyl groups is 2. The van der Waals surface area contributed by atoms with Crippen molar-refractivity contribution in [2.75, 3.05) is 0 Å². The molecule has 0 spiro atoms. The van der Waals surface area contributed by atoms with E-state index in [1.807, 2.05) is 150 Å². The minimum atomic E-state index is -4.33. The van der Waals surface area contributed by atoms with Crippen LogP contribution in [-0.2, 0) is 49.8 Å². The molecule has 0 fully saturated rings. The molecule has 113 heavy (non-hydrogen) atoms. The molecule has 0 saturated carbocycles. The molecule has 2 N–H and O–H groups in total. The van der Waals surface area contributed by atoms with E-state index >= 15 is 0 Å². The first-order chi connectivity index (χ1) is 54.4. The SMILES string of the molecule is CCC(CC)C(=O)C=C(O)C(C)(CC)CC.CCC(CC)C(=O)C=C(O)C(CC)CC(F)(F)F.Cc1[c-]c(-c2ccc3ccccc3n2)cc(C)c1.Cc1[c-]c(-c2nccc3cc(C)ccc23)cc(C)c1.[2H]c1nc(-c2[c-]c(C)cc(C)c2)c2ccc(C(C)C)cc2c1[2H].[2H]c1nc(-c2[c-]c(C)cc(C)c2)c2ccc(C)cc2c1[2H].[Ir].[Ir]. The van der Waals surface area contributed by atoms with Crippen molar-refractivity contribution >= 4 is 54.8 Å². The van der Waals surface area contributed by atoms with Crippen molar-refractivity contribution in [3.63, 3.8) is 0 Å². The summed E-state index contributed by atoms with van der Waals surface area (Å²) < 4.78 is 69.1. The van der Waals surface area contributed by atoms with Crippen LogP contribution in [0.4, 0.5) is 13.2 Å². The molecule has 0 aliphatic carbocycles. The van der Waals surface area contributed by atoms with Gasteiger partial charge in [-0.05, 0) is 155 Å². The maximum atomic E-state index is 12.3. The first-order valence-corrected chi connectivity index (χ1v) is 38.9. The van der Waals surface area contributed by atoms with Gasteiger partial charge < -0.3 is 25.2 Å². The first-order valence-electron chi connectivity index (χ1n) is 40.9. The van der Waals surface area contributed by atoms with Gasteiger partial charge in [0.25, 0.3) is 0 Å². The van der Waals surface area contributed by atoms with Gasteiger partial charge in [-0.2, -0.15) is 13.2 Å². The molecule has 600 valence electrons. The molecule has 0 amide bonds. The molecule has 0 aliphatic rings. The third-order valence-electron chi connectivity index (χ3n) is 20.2. The third-order valence-corrected chi connectivity index (χ3v) is 20.2. The molecule has 0 aliphatic heterocycles. The van der Waals surface area contributed by atoms with E-state index in [2.05, 4.69) is 173 Å². The fourth-order valence-electron chi connectivity index (χ4n) is 13.4. The van der Waals surface area contributed by atoms with Gasteiger partial charge in [-0.3, -0.25) is 14.6 Å². The largest absolute Gasteiger partial charge is 0.512 e. The van der Waals surface area contributed by atoms with E-state index in [4.69, 9.17) is 10.5 Å². The summed E-state index contributed by atoms with van der Waals surface area (Å²) in [4.78, 5) is 41.5. The van der Waals surface area contributed by atoms with Gasteiger partial charge in [-0.1, -0.05) is 221 Å². The number of pyridine rings is 4. The maximum absolute atomic E-state index is 12.3. The van der Waals surface area contributed by atoms with Gasteiger partial charge in [0.05, 0.1) is 23.2 Å². The fraction of sp³-hybridized carbons (Fsp3) is 0.340. The standard InChI is InChI=1S/C20H20N.2C18H16N.C17H14N.C14H26O2.C13H21F3O2.2Ir/c1-13(2)16-5-6-19-17(12-16)7-8-21-20(19)18-10-14(3)9-15(4)11-18;2*1-12-4-5-17-15(9-12)6-7-19-18(17)16-10-13(2)8-14(3)11-16;1-12-9-13(2)11-15(10-12)17-8-7-14-5-3-4-6-16(14)18-17;1-6-11(7-2)12(15)10-13(16)14(5,8-3)9-4;1-4-9(5-2)11(17)7-12(18)10(6-3)8-13(14,15)16;;/h5-10,12-13H,1-4H3;2*4-10H,1-3H3;3-10H,1-2H3;10-11,16H,6-9H2,1-5H3;7,9-10,18H,4-6,8H2,1-3H3;;/q4*-1;;;;/i7D,8D;6D,7D;;;;;;. The number of aromatic nitrogens is 4. The van der Waals surface area contributed by atoms with E-state index < -0.39 is 24.3 Å². The first kappa shape index (κ1) is 87.9. The number of ketones is 2. The van der Waals surface area contributed by atoms with Crippen LogP contribution in [0.2, 0.25) is 0 Å². The van der Waals surface area contributed by atoms with Crippen LogP contribution < -0.4 is 0 Å². The normalized spacial score (nSPS) is 12.2. The number of benzene rings is 8. The third kappa shape index (κ3) is 27.6. The van der Waals surface area contributed by atoms with Gasteiger partial charge in [0.2, 0.25) is 0 Å². The van der Waals surface area contributed by atoms with Crippen molar-refractivity contribution < 1.29 is 78.7 Å². The number of carbonyl (C=O) groups is 2. The molecular weight excluding hydrogens is 1760 g/mol. The molecule has 1 atom stereocenters. The number of rotatable bonds is 19. The van der Waals surface area contributed by atoms with E-state index in [0.29, 0.717) is 18.8 Å². The smallest absolute Gasteiger partial charge is 0.389 e. The summed E-state index contributed by atoms with van der Waals surface area (Å²) >= 11 is 0. The molecule has 0 saturated heterocycles. The molecule has 0 bridgehead atoms. The van der Waals surface area contributed by atoms with E-state index in [0.717, 1.165) is 143 Å². The zero-order valence-corrected chi connectivity index (χ0v) is 74.1. The molecule has 8 aromatic carbocycles. The Labute approximate surface area is 704 Å². The van der Waals surface area contributed by atoms with Gasteiger partial charge in [-0.15, -0.1) is 140 Å². The Hall–Kier alpha value is -9.09. The number of nitrogens with zero attached hydrogens (tertiary/aromatic N) is 4. The summed E-state index contributed by atoms with van der Waals surface area (Å²) in [5.74, 6) is -1.24. The minimum Gasteiger partial charge on any atom is -0.512 e. The van der Waals surface area contributed by atoms with Crippen LogP contribution in [0.15, 0.2) is 200 Å². The van der Waals surface area contributed by atoms with Crippen LogP contribution in [-0.4, -0.2) is 47.9 Å². The van der Waals surface area contributed by atoms with Crippen LogP contribution in [0.1, 0.15) is 193 Å². The second-order valence-electron chi connectivity index (χ2n) is 29.8. The van der Waals surface area contributed by atoms with Gasteiger partial charge >= 0.3 is 6.18 Å². The summed E-state index contributed by atoms with van der Waals surface area (Å²) in [6, 6.07) is 63.5. The number of aliphatic hydroxyl groups excluding tert-OH is 2. The number of para-hydroxylation sites is 1. The molecule has 2 radical (unpaired) electrons. The summed E-state index contributed by atoms with van der Waals surface area (Å²) in [5, 5.41) is 26.6. The summed E-state index contributed by atoms with van der Waals surface area (Å²) in [6.07, 6.45) is 3.67. The number of halogens is 3. The predicted molar refractivity (Wildman–Crippen MR) is 458 cm³/mol. The van der Waals surface area contributed by atoms with Gasteiger partial charge in [0.1, 0.15) is 5.76 Å². The van der Waals surface area contributed by atoms with Crippen LogP contribution in [0.25, 0.3) is 88.2 Å². The molecule has 1 unspecified atom stereocenters. The minimum absolute atomic E-state index is 0. The Bertz CT molecular complexity index is 5380. The van der Waals surface area contributed by atoms with Crippen molar-refractivity contribution in [2.24, 2.45) is 23.2 Å². The number of hydrogen-bond acceptors (Lipinski definition) is 8. The monoisotopic (exact) mass is 1880 g/mol. The van der Waals surface area contributed by atoms with E-state index in [9.17, 15) is 33.0 Å². The van der Waals surface area contributed by atoms with Crippen LogP contribution in [0.5, 0.6) is 0 Å². The van der Waals surface area contributed by atoms with E-state index in [-0.39, 0.29) is 106 Å². The zero-order chi connectivity index (χ0) is 84.9. The zero-order valence-electron chi connectivity index (χ0n) is 73.4. The van der Waals surface area contributed by atoms with Crippen molar-refractivity contribution in [1.29, 1.82) is 0 Å². The van der Waals surface area contributed by atoms with E-state index in [1.165, 1.54) is 44.5 Å². The average molecular weight is 1880 g/mol. The second-order valence-corrected chi connectivity index (χ2v) is 29.8. The summed E-state index contributed by atoms with van der Waals surface area (Å²) in [6.45, 7) is 40.1. The fourth-order valence-corrected chi connectivity index (χ4v) is 13.4. The molecule has 4 aromatic heterocycles. The Morgan fingerprint density at radius 3 is 1.31 bits per heavy atom. The number of allylic oxidation sites excluding steroid dienone is 4. The Morgan fingerprint density at radius 1 is 0.460 bits per heavy atom. The number of hydrogen-bond donors (Lipinski definition) is 2. The number of carbonyl (C=O) groups excluding carboxylic acids is 2. The van der Waals surface area contributed by atoms with Gasteiger partial charge in [-0.25, -0.2) is 0 Å². The Kier molecular flexibility index (Phi) is 34.6. The molecule has 13 heteroatoms. The summed E-state index contributed by atoms with van der Waals surface area (Å²) in [7, 11) is 0. The average Bonchev–Trinajstić information content (AvgIpc) is 0.781. The van der Waals surface area contributed by atoms with Gasteiger partial charge in [0.15, 0.2) is 11.6 Å². The van der Waals surface area contributed by atoms with Crippen molar-refractivity contribution in [2.45, 2.75) is 202 Å². The van der Waals surface area contributed by atoms with Crippen LogP contribution in [0, 0.1) is 117 Å². The topological polar surface area (TPSA) is 126 Å². The Balaban J connectivity index is 0.000000250. The maximum Gasteiger partial charge on any atom is 0.389 e.